The summed E-state index contributed by atoms with van der Waals surface area (Å²) in [6, 6.07) is 13.5. The van der Waals surface area contributed by atoms with Gasteiger partial charge in [-0.1, -0.05) is 34.1 Å². The Morgan fingerprint density at radius 1 is 1.19 bits per heavy atom. The molecule has 2 amide bonds. The van der Waals surface area contributed by atoms with Crippen molar-refractivity contribution >= 4 is 38.7 Å². The van der Waals surface area contributed by atoms with Gasteiger partial charge in [0.15, 0.2) is 11.3 Å². The summed E-state index contributed by atoms with van der Waals surface area (Å²) in [7, 11) is 1.50. The molecule has 0 atom stereocenters. The Balaban J connectivity index is 2.07. The molecule has 3 aromatic rings. The van der Waals surface area contributed by atoms with E-state index in [-0.39, 0.29) is 11.1 Å². The van der Waals surface area contributed by atoms with Crippen molar-refractivity contribution in [1.29, 1.82) is 0 Å². The van der Waals surface area contributed by atoms with Gasteiger partial charge in [0.1, 0.15) is 5.56 Å². The summed E-state index contributed by atoms with van der Waals surface area (Å²) in [4.78, 5) is 24.0. The van der Waals surface area contributed by atoms with Crippen molar-refractivity contribution in [2.24, 2.45) is 10.8 Å². The number of hydrogen-bond acceptors (Lipinski definition) is 5. The normalized spacial score (nSPS) is 11.4. The lowest BCUT2D eigenvalue weighted by Crippen LogP contribution is -2.27. The van der Waals surface area contributed by atoms with Gasteiger partial charge in [0.25, 0.3) is 11.8 Å². The van der Waals surface area contributed by atoms with Crippen molar-refractivity contribution in [3.8, 4) is 5.75 Å². The molecule has 1 aromatic heterocycles. The second-order valence-electron chi connectivity index (χ2n) is 5.27. The minimum absolute atomic E-state index is 0.0419. The largest absolute Gasteiger partial charge is 0.493 e. The third-order valence-electron chi connectivity index (χ3n) is 3.57. The highest BCUT2D eigenvalue weighted by Crippen LogP contribution is 2.24. The number of primary amides is 1. The average Bonchev–Trinajstić information content (AvgIpc) is 2.64. The first-order chi connectivity index (χ1) is 12.5. The number of carbonyl (C=O) groups is 2. The second kappa shape index (κ2) is 7.40. The Kier molecular flexibility index (Phi) is 5.04. The van der Waals surface area contributed by atoms with Gasteiger partial charge in [-0.15, -0.1) is 5.10 Å². The molecule has 132 valence electrons. The van der Waals surface area contributed by atoms with Crippen LogP contribution in [0.4, 0.5) is 0 Å². The van der Waals surface area contributed by atoms with E-state index >= 15 is 0 Å². The molecule has 3 rings (SSSR count). The first-order valence-electron chi connectivity index (χ1n) is 7.50. The number of carbonyl (C=O) groups excluding carboxylic acids is 2. The summed E-state index contributed by atoms with van der Waals surface area (Å²) < 4.78 is 11.7. The number of halogens is 1. The van der Waals surface area contributed by atoms with Crippen LogP contribution >= 0.6 is 15.9 Å². The van der Waals surface area contributed by atoms with E-state index in [1.165, 1.54) is 13.2 Å². The summed E-state index contributed by atoms with van der Waals surface area (Å²) in [6.45, 7) is 0. The lowest BCUT2D eigenvalue weighted by Gasteiger charge is -2.06. The van der Waals surface area contributed by atoms with E-state index in [4.69, 9.17) is 14.9 Å². The number of para-hydroxylation sites is 1. The molecule has 0 bridgehead atoms. The van der Waals surface area contributed by atoms with Crippen molar-refractivity contribution in [3.63, 3.8) is 0 Å². The van der Waals surface area contributed by atoms with Crippen LogP contribution in [0.15, 0.2) is 62.5 Å². The Bertz CT molecular complexity index is 1080. The Hall–Kier alpha value is -3.13. The van der Waals surface area contributed by atoms with Crippen LogP contribution in [0, 0.1) is 0 Å². The molecular weight excluding hydrogens is 402 g/mol. The first kappa shape index (κ1) is 17.7. The maximum absolute atomic E-state index is 12.2. The fourth-order valence-corrected chi connectivity index (χ4v) is 2.74. The predicted octanol–water partition coefficient (Wildman–Crippen LogP) is 2.55. The molecule has 3 N–H and O–H groups in total. The van der Waals surface area contributed by atoms with Crippen LogP contribution in [0.3, 0.4) is 0 Å². The van der Waals surface area contributed by atoms with Gasteiger partial charge in [0.2, 0.25) is 5.55 Å². The molecule has 0 unspecified atom stereocenters. The van der Waals surface area contributed by atoms with Crippen molar-refractivity contribution < 1.29 is 18.7 Å². The van der Waals surface area contributed by atoms with Gasteiger partial charge in [-0.2, -0.15) is 0 Å². The van der Waals surface area contributed by atoms with Gasteiger partial charge < -0.3 is 14.9 Å². The van der Waals surface area contributed by atoms with E-state index in [2.05, 4.69) is 26.5 Å². The van der Waals surface area contributed by atoms with E-state index < -0.39 is 11.8 Å². The van der Waals surface area contributed by atoms with E-state index in [9.17, 15) is 9.59 Å². The number of hydrogen-bond donors (Lipinski definition) is 2. The molecule has 0 aliphatic carbocycles. The zero-order valence-corrected chi connectivity index (χ0v) is 15.2. The molecule has 0 saturated heterocycles. The molecule has 0 radical (unpaired) electrons. The number of nitrogens with zero attached hydrogens (tertiary/aromatic N) is 1. The number of nitrogens with two attached hydrogens (primary N) is 1. The fraction of sp³-hybridized carbons (Fsp3) is 0.0556. The summed E-state index contributed by atoms with van der Waals surface area (Å²) in [5.41, 5.74) is 8.47. The summed E-state index contributed by atoms with van der Waals surface area (Å²) in [5.74, 6) is -0.723. The van der Waals surface area contributed by atoms with Crippen molar-refractivity contribution in [3.05, 3.63) is 69.7 Å². The average molecular weight is 416 g/mol. The van der Waals surface area contributed by atoms with Crippen LogP contribution in [-0.2, 0) is 0 Å². The zero-order chi connectivity index (χ0) is 18.7. The lowest BCUT2D eigenvalue weighted by molar-refractivity contribution is 0.0946. The highest BCUT2D eigenvalue weighted by molar-refractivity contribution is 9.10. The SMILES string of the molecule is COc1cccc2cc(C(N)=O)c(=NNC(=O)c3cccc(Br)c3)oc12. The fourth-order valence-electron chi connectivity index (χ4n) is 2.34. The van der Waals surface area contributed by atoms with Crippen molar-refractivity contribution in [1.82, 2.24) is 5.43 Å². The van der Waals surface area contributed by atoms with Crippen LogP contribution in [0.2, 0.25) is 0 Å². The lowest BCUT2D eigenvalue weighted by atomic mass is 10.1. The molecule has 2 aromatic carbocycles. The zero-order valence-electron chi connectivity index (χ0n) is 13.7. The van der Waals surface area contributed by atoms with Gasteiger partial charge in [0.05, 0.1) is 7.11 Å². The number of nitrogens with one attached hydrogen (secondary N) is 1. The minimum Gasteiger partial charge on any atom is -0.493 e. The van der Waals surface area contributed by atoms with Gasteiger partial charge in [0, 0.05) is 15.4 Å². The molecule has 26 heavy (non-hydrogen) atoms. The molecule has 0 saturated carbocycles. The molecular formula is C18H14BrN3O4. The van der Waals surface area contributed by atoms with Crippen molar-refractivity contribution in [2.45, 2.75) is 0 Å². The second-order valence-corrected chi connectivity index (χ2v) is 6.19. The van der Waals surface area contributed by atoms with Crippen molar-refractivity contribution in [2.75, 3.05) is 7.11 Å². The van der Waals surface area contributed by atoms with E-state index in [1.54, 1.807) is 42.5 Å². The third-order valence-corrected chi connectivity index (χ3v) is 4.06. The smallest absolute Gasteiger partial charge is 0.271 e. The first-order valence-corrected chi connectivity index (χ1v) is 8.29. The van der Waals surface area contributed by atoms with Gasteiger partial charge >= 0.3 is 0 Å². The number of benzene rings is 2. The van der Waals surface area contributed by atoms with E-state index in [0.29, 0.717) is 22.3 Å². The number of rotatable bonds is 4. The molecule has 0 spiro atoms. The Morgan fingerprint density at radius 3 is 2.65 bits per heavy atom. The molecule has 8 heteroatoms. The molecule has 7 nitrogen and oxygen atoms in total. The number of ether oxygens (including phenoxy) is 1. The summed E-state index contributed by atoms with van der Waals surface area (Å²) >= 11 is 3.30. The topological polar surface area (TPSA) is 107 Å². The predicted molar refractivity (Wildman–Crippen MR) is 98.5 cm³/mol. The minimum atomic E-state index is -0.728. The Morgan fingerprint density at radius 2 is 1.96 bits per heavy atom. The Labute approximate surface area is 156 Å². The highest BCUT2D eigenvalue weighted by Gasteiger charge is 2.13. The molecule has 0 aliphatic rings. The number of amides is 2. The van der Waals surface area contributed by atoms with Crippen LogP contribution in [0.5, 0.6) is 5.75 Å². The monoisotopic (exact) mass is 415 g/mol. The summed E-state index contributed by atoms with van der Waals surface area (Å²) in [5, 5.41) is 4.54. The molecule has 1 heterocycles. The van der Waals surface area contributed by atoms with E-state index in [0.717, 1.165) is 4.47 Å². The van der Waals surface area contributed by atoms with Crippen LogP contribution in [0.25, 0.3) is 11.0 Å². The standard InChI is InChI=1S/C18H14BrN3O4/c1-25-14-7-3-4-10-9-13(16(20)23)18(26-15(10)14)22-21-17(24)11-5-2-6-12(19)8-11/h2-9H,1H3,(H2,20,23)(H,21,24). The van der Waals surface area contributed by atoms with Gasteiger partial charge in [-0.05, 0) is 30.3 Å². The molecule has 0 aliphatic heterocycles. The van der Waals surface area contributed by atoms with Crippen LogP contribution in [0.1, 0.15) is 20.7 Å². The van der Waals surface area contributed by atoms with Crippen LogP contribution < -0.4 is 21.5 Å². The van der Waals surface area contributed by atoms with Gasteiger partial charge in [-0.3, -0.25) is 9.59 Å². The maximum Gasteiger partial charge on any atom is 0.271 e. The van der Waals surface area contributed by atoms with Crippen LogP contribution in [-0.4, -0.2) is 18.9 Å². The number of methoxy groups -OCH3 is 1. The third kappa shape index (κ3) is 3.60. The quantitative estimate of drug-likeness (QED) is 0.638. The van der Waals surface area contributed by atoms with E-state index in [1.807, 2.05) is 0 Å². The molecule has 0 fully saturated rings. The summed E-state index contributed by atoms with van der Waals surface area (Å²) in [6.07, 6.45) is 0. The number of fused-ring (bicyclic) bond motifs is 1. The maximum atomic E-state index is 12.2. The van der Waals surface area contributed by atoms with Gasteiger partial charge in [-0.25, -0.2) is 5.43 Å². The highest BCUT2D eigenvalue weighted by atomic mass is 79.9.